The summed E-state index contributed by atoms with van der Waals surface area (Å²) in [4.78, 5) is 35.2. The molecule has 4 rings (SSSR count). The average molecular weight is 388 g/mol. The molecule has 2 heterocycles. The molecule has 3 aromatic rings. The number of carbonyl (C=O) groups is 2. The molecule has 1 atom stereocenters. The van der Waals surface area contributed by atoms with Gasteiger partial charge in [0.15, 0.2) is 0 Å². The lowest BCUT2D eigenvalue weighted by Crippen LogP contribution is -2.44. The number of anilines is 1. The van der Waals surface area contributed by atoms with Crippen LogP contribution in [-0.2, 0) is 27.8 Å². The Balaban J connectivity index is 1.59. The van der Waals surface area contributed by atoms with Gasteiger partial charge in [-0.15, -0.1) is 0 Å². The fourth-order valence-electron chi connectivity index (χ4n) is 4.16. The van der Waals surface area contributed by atoms with E-state index in [4.69, 9.17) is 0 Å². The highest BCUT2D eigenvalue weighted by Crippen LogP contribution is 2.45. The first-order valence-corrected chi connectivity index (χ1v) is 9.77. The van der Waals surface area contributed by atoms with Crippen molar-refractivity contribution in [2.45, 2.75) is 24.7 Å². The van der Waals surface area contributed by atoms with E-state index in [1.165, 1.54) is 0 Å². The van der Waals surface area contributed by atoms with Crippen LogP contribution in [-0.4, -0.2) is 35.4 Å². The number of aromatic amines is 1. The molecule has 29 heavy (non-hydrogen) atoms. The van der Waals surface area contributed by atoms with E-state index in [0.717, 1.165) is 22.6 Å². The Morgan fingerprint density at radius 3 is 2.66 bits per heavy atom. The van der Waals surface area contributed by atoms with Gasteiger partial charge in [-0.05, 0) is 23.6 Å². The summed E-state index contributed by atoms with van der Waals surface area (Å²) in [5.41, 5.74) is 1.92. The van der Waals surface area contributed by atoms with Crippen molar-refractivity contribution in [2.75, 3.05) is 18.5 Å². The fourth-order valence-corrected chi connectivity index (χ4v) is 4.16. The number of benzene rings is 2. The molecule has 1 unspecified atom stereocenters. The summed E-state index contributed by atoms with van der Waals surface area (Å²) in [5, 5.41) is 2.95. The summed E-state index contributed by atoms with van der Waals surface area (Å²) in [6.45, 7) is 0.472. The van der Waals surface area contributed by atoms with Gasteiger partial charge in [-0.1, -0.05) is 48.5 Å². The molecule has 0 bridgehead atoms. The van der Waals surface area contributed by atoms with Crippen LogP contribution >= 0.6 is 0 Å². The molecule has 2 aromatic carbocycles. The lowest BCUT2D eigenvalue weighted by atomic mass is 9.73. The van der Waals surface area contributed by atoms with Gasteiger partial charge in [-0.2, -0.15) is 0 Å². The van der Waals surface area contributed by atoms with Crippen molar-refractivity contribution < 1.29 is 9.59 Å². The molecule has 2 amide bonds. The van der Waals surface area contributed by atoms with E-state index in [2.05, 4.69) is 15.3 Å². The summed E-state index contributed by atoms with van der Waals surface area (Å²) >= 11 is 0. The largest absolute Gasteiger partial charge is 0.356 e. The number of amides is 2. The molecule has 1 aliphatic rings. The minimum Gasteiger partial charge on any atom is -0.356 e. The van der Waals surface area contributed by atoms with E-state index >= 15 is 0 Å². The van der Waals surface area contributed by atoms with Gasteiger partial charge in [0.05, 0.1) is 5.41 Å². The van der Waals surface area contributed by atoms with Crippen LogP contribution in [0.4, 0.5) is 5.69 Å². The van der Waals surface area contributed by atoms with Crippen molar-refractivity contribution in [1.29, 1.82) is 0 Å². The van der Waals surface area contributed by atoms with Crippen LogP contribution < -0.4 is 10.2 Å². The van der Waals surface area contributed by atoms with Gasteiger partial charge >= 0.3 is 0 Å². The molecule has 148 valence electrons. The normalized spacial score (nSPS) is 18.0. The van der Waals surface area contributed by atoms with Crippen LogP contribution in [0.15, 0.2) is 67.0 Å². The first kappa shape index (κ1) is 18.9. The summed E-state index contributed by atoms with van der Waals surface area (Å²) in [5.74, 6) is 0.654. The molecule has 2 N–H and O–H groups in total. The van der Waals surface area contributed by atoms with Crippen molar-refractivity contribution in [2.24, 2.45) is 0 Å². The van der Waals surface area contributed by atoms with Crippen molar-refractivity contribution in [3.63, 3.8) is 0 Å². The number of likely N-dealkylation sites (N-methyl/N-ethyl adjacent to an activating group) is 1. The number of hydrogen-bond acceptors (Lipinski definition) is 3. The van der Waals surface area contributed by atoms with Gasteiger partial charge in [0.25, 0.3) is 0 Å². The maximum Gasteiger partial charge on any atom is 0.238 e. The van der Waals surface area contributed by atoms with Crippen LogP contribution in [0.2, 0.25) is 0 Å². The van der Waals surface area contributed by atoms with Gasteiger partial charge in [0.2, 0.25) is 11.8 Å². The number of para-hydroxylation sites is 1. The summed E-state index contributed by atoms with van der Waals surface area (Å²) in [6, 6.07) is 17.6. The van der Waals surface area contributed by atoms with Crippen molar-refractivity contribution in [3.05, 3.63) is 83.9 Å². The third-order valence-corrected chi connectivity index (χ3v) is 5.54. The first-order valence-electron chi connectivity index (χ1n) is 9.77. The Bertz CT molecular complexity index is 1000. The molecule has 0 fully saturated rings. The van der Waals surface area contributed by atoms with Crippen LogP contribution in [0, 0.1) is 0 Å². The molecule has 6 nitrogen and oxygen atoms in total. The number of carbonyl (C=O) groups excluding carboxylic acids is 2. The van der Waals surface area contributed by atoms with Crippen molar-refractivity contribution in [1.82, 2.24) is 15.3 Å². The molecule has 1 aromatic heterocycles. The third-order valence-electron chi connectivity index (χ3n) is 5.54. The number of rotatable bonds is 7. The average Bonchev–Trinajstić information content (AvgIpc) is 3.32. The van der Waals surface area contributed by atoms with E-state index in [0.29, 0.717) is 19.4 Å². The first-order chi connectivity index (χ1) is 14.1. The second-order valence-electron chi connectivity index (χ2n) is 7.44. The molecular formula is C23H24N4O2. The number of fused-ring (bicyclic) bond motifs is 1. The Labute approximate surface area is 170 Å². The second kappa shape index (κ2) is 7.91. The topological polar surface area (TPSA) is 78.1 Å². The number of aromatic nitrogens is 2. The molecule has 0 saturated carbocycles. The van der Waals surface area contributed by atoms with Crippen LogP contribution in [0.25, 0.3) is 0 Å². The predicted octanol–water partition coefficient (Wildman–Crippen LogP) is 2.62. The van der Waals surface area contributed by atoms with Gasteiger partial charge in [0.1, 0.15) is 5.82 Å². The maximum absolute atomic E-state index is 13.4. The lowest BCUT2D eigenvalue weighted by Gasteiger charge is -2.28. The van der Waals surface area contributed by atoms with E-state index in [1.807, 2.05) is 54.6 Å². The highest BCUT2D eigenvalue weighted by atomic mass is 16.2. The van der Waals surface area contributed by atoms with Gasteiger partial charge < -0.3 is 15.2 Å². The number of nitrogens with zero attached hydrogens (tertiary/aromatic N) is 2. The van der Waals surface area contributed by atoms with Crippen LogP contribution in [0.5, 0.6) is 0 Å². The van der Waals surface area contributed by atoms with Crippen molar-refractivity contribution in [3.8, 4) is 0 Å². The predicted molar refractivity (Wildman–Crippen MR) is 112 cm³/mol. The minimum atomic E-state index is -0.901. The molecule has 0 spiro atoms. The van der Waals surface area contributed by atoms with Gasteiger partial charge in [-0.3, -0.25) is 9.59 Å². The second-order valence-corrected chi connectivity index (χ2v) is 7.44. The van der Waals surface area contributed by atoms with Crippen molar-refractivity contribution >= 4 is 17.5 Å². The van der Waals surface area contributed by atoms with Crippen LogP contribution in [0.3, 0.4) is 0 Å². The van der Waals surface area contributed by atoms with E-state index in [-0.39, 0.29) is 18.2 Å². The molecule has 1 aliphatic heterocycles. The van der Waals surface area contributed by atoms with Gasteiger partial charge in [-0.25, -0.2) is 4.98 Å². The number of imidazole rings is 1. The number of nitrogens with one attached hydrogen (secondary N) is 2. The standard InChI is InChI=1S/C23H24N4O2/c1-27-19-10-6-5-9-18(19)23(22(27)29,15-17-7-3-2-4-8-17)16-21(28)26-12-11-20-24-13-14-25-20/h2-10,13-14H,11-12,15-16H2,1H3,(H,24,25)(H,26,28). The highest BCUT2D eigenvalue weighted by Gasteiger charge is 2.50. The highest BCUT2D eigenvalue weighted by molar-refractivity contribution is 6.09. The Morgan fingerprint density at radius 2 is 1.90 bits per heavy atom. The zero-order valence-electron chi connectivity index (χ0n) is 16.4. The monoisotopic (exact) mass is 388 g/mol. The zero-order chi connectivity index (χ0) is 20.3. The fraction of sp³-hybridized carbons (Fsp3) is 0.261. The molecule has 0 radical (unpaired) electrons. The summed E-state index contributed by atoms with van der Waals surface area (Å²) < 4.78 is 0. The molecular weight excluding hydrogens is 364 g/mol. The third kappa shape index (κ3) is 3.66. The molecule has 0 aliphatic carbocycles. The maximum atomic E-state index is 13.4. The zero-order valence-corrected chi connectivity index (χ0v) is 16.4. The minimum absolute atomic E-state index is 0.0382. The van der Waals surface area contributed by atoms with Crippen LogP contribution in [0.1, 0.15) is 23.4 Å². The molecule has 6 heteroatoms. The summed E-state index contributed by atoms with van der Waals surface area (Å²) in [6.07, 6.45) is 4.67. The Kier molecular flexibility index (Phi) is 5.16. The smallest absolute Gasteiger partial charge is 0.238 e. The van der Waals surface area contributed by atoms with E-state index < -0.39 is 5.41 Å². The van der Waals surface area contributed by atoms with Gasteiger partial charge in [0, 0.05) is 44.5 Å². The molecule has 0 saturated heterocycles. The number of H-pyrrole nitrogens is 1. The summed E-state index contributed by atoms with van der Waals surface area (Å²) in [7, 11) is 1.78. The lowest BCUT2D eigenvalue weighted by molar-refractivity contribution is -0.129. The van der Waals surface area contributed by atoms with E-state index in [1.54, 1.807) is 24.3 Å². The Hall–Kier alpha value is -3.41. The van der Waals surface area contributed by atoms with E-state index in [9.17, 15) is 9.59 Å². The SMILES string of the molecule is CN1C(=O)C(CC(=O)NCCc2ncc[nH]2)(Cc2ccccc2)c2ccccc21. The quantitative estimate of drug-likeness (QED) is 0.653. The number of hydrogen-bond donors (Lipinski definition) is 2. The Morgan fingerprint density at radius 1 is 1.14 bits per heavy atom.